The van der Waals surface area contributed by atoms with Crippen LogP contribution in [0.3, 0.4) is 0 Å². The van der Waals surface area contributed by atoms with E-state index in [2.05, 4.69) is 15.3 Å². The molecule has 1 aromatic carbocycles. The molecule has 7 heteroatoms. The van der Waals surface area contributed by atoms with E-state index >= 15 is 0 Å². The van der Waals surface area contributed by atoms with E-state index < -0.39 is 4.92 Å². The van der Waals surface area contributed by atoms with Crippen LogP contribution in [0.25, 0.3) is 0 Å². The zero-order valence-corrected chi connectivity index (χ0v) is 11.6. The van der Waals surface area contributed by atoms with Crippen LogP contribution in [0, 0.1) is 10.1 Å². The van der Waals surface area contributed by atoms with Gasteiger partial charge >= 0.3 is 0 Å². The molecule has 104 valence electrons. The van der Waals surface area contributed by atoms with Crippen molar-refractivity contribution < 1.29 is 4.92 Å². The number of anilines is 1. The van der Waals surface area contributed by atoms with E-state index in [0.29, 0.717) is 35.3 Å². The van der Waals surface area contributed by atoms with Crippen LogP contribution < -0.4 is 5.32 Å². The molecule has 0 unspecified atom stereocenters. The maximum absolute atomic E-state index is 10.9. The molecule has 20 heavy (non-hydrogen) atoms. The Bertz CT molecular complexity index is 634. The van der Waals surface area contributed by atoms with Crippen molar-refractivity contribution in [2.45, 2.75) is 19.9 Å². The Morgan fingerprint density at radius 1 is 1.35 bits per heavy atom. The van der Waals surface area contributed by atoms with E-state index in [1.54, 1.807) is 24.3 Å². The number of aromatic nitrogens is 2. The molecule has 0 saturated heterocycles. The zero-order chi connectivity index (χ0) is 14.5. The number of rotatable bonds is 5. The molecule has 0 fully saturated rings. The normalized spacial score (nSPS) is 10.3. The second-order valence-corrected chi connectivity index (χ2v) is 4.47. The van der Waals surface area contributed by atoms with Crippen molar-refractivity contribution in [3.05, 3.63) is 57.0 Å². The lowest BCUT2D eigenvalue weighted by Crippen LogP contribution is -2.06. The average molecular weight is 293 g/mol. The number of nitrogens with one attached hydrogen (secondary N) is 1. The van der Waals surface area contributed by atoms with Gasteiger partial charge in [0, 0.05) is 30.7 Å². The first-order valence-electron chi connectivity index (χ1n) is 6.09. The number of hydrogen-bond acceptors (Lipinski definition) is 5. The van der Waals surface area contributed by atoms with Gasteiger partial charge in [-0.1, -0.05) is 36.7 Å². The van der Waals surface area contributed by atoms with Crippen molar-refractivity contribution in [1.82, 2.24) is 9.97 Å². The van der Waals surface area contributed by atoms with Crippen molar-refractivity contribution in [2.75, 3.05) is 5.32 Å². The second-order valence-electron chi connectivity index (χ2n) is 4.09. The fourth-order valence-corrected chi connectivity index (χ4v) is 1.94. The summed E-state index contributed by atoms with van der Waals surface area (Å²) < 4.78 is 0. The highest BCUT2D eigenvalue weighted by atomic mass is 35.5. The van der Waals surface area contributed by atoms with E-state index in [0.717, 1.165) is 0 Å². The van der Waals surface area contributed by atoms with Gasteiger partial charge in [0.1, 0.15) is 16.8 Å². The summed E-state index contributed by atoms with van der Waals surface area (Å²) in [5.41, 5.74) is 0.668. The molecule has 1 aromatic heterocycles. The minimum atomic E-state index is -0.401. The first-order valence-corrected chi connectivity index (χ1v) is 6.47. The van der Waals surface area contributed by atoms with Gasteiger partial charge in [-0.15, -0.1) is 0 Å². The van der Waals surface area contributed by atoms with Crippen LogP contribution in [0.4, 0.5) is 11.5 Å². The lowest BCUT2D eigenvalue weighted by atomic mass is 10.2. The minimum absolute atomic E-state index is 0.0795. The number of benzene rings is 1. The Hall–Kier alpha value is -2.21. The highest BCUT2D eigenvalue weighted by Gasteiger charge is 2.12. The summed E-state index contributed by atoms with van der Waals surface area (Å²) in [5, 5.41) is 14.3. The fourth-order valence-electron chi connectivity index (χ4n) is 1.74. The fraction of sp³-hybridized carbons (Fsp3) is 0.231. The molecule has 0 amide bonds. The molecule has 0 spiro atoms. The van der Waals surface area contributed by atoms with Gasteiger partial charge in [0.05, 0.1) is 4.92 Å². The summed E-state index contributed by atoms with van der Waals surface area (Å²) in [6, 6.07) is 8.17. The van der Waals surface area contributed by atoms with Gasteiger partial charge in [-0.05, 0) is 0 Å². The molecule has 0 atom stereocenters. The highest BCUT2D eigenvalue weighted by Crippen LogP contribution is 2.19. The van der Waals surface area contributed by atoms with Crippen LogP contribution in [0.1, 0.15) is 18.3 Å². The quantitative estimate of drug-likeness (QED) is 0.520. The minimum Gasteiger partial charge on any atom is -0.366 e. The van der Waals surface area contributed by atoms with Gasteiger partial charge in [-0.25, -0.2) is 9.97 Å². The first-order chi connectivity index (χ1) is 9.60. The number of aryl methyl sites for hydroxylation is 1. The number of nitro benzene ring substituents is 1. The van der Waals surface area contributed by atoms with E-state index in [1.807, 2.05) is 6.92 Å². The molecule has 0 aliphatic rings. The third kappa shape index (κ3) is 3.42. The Balaban J connectivity index is 2.17. The van der Waals surface area contributed by atoms with Crippen LogP contribution in [0.15, 0.2) is 30.3 Å². The van der Waals surface area contributed by atoms with Crippen molar-refractivity contribution in [2.24, 2.45) is 0 Å². The number of para-hydroxylation sites is 1. The summed E-state index contributed by atoms with van der Waals surface area (Å²) in [6.45, 7) is 2.23. The lowest BCUT2D eigenvalue weighted by molar-refractivity contribution is -0.385. The molecule has 0 aliphatic heterocycles. The molecule has 2 aromatic rings. The van der Waals surface area contributed by atoms with Crippen molar-refractivity contribution in [3.8, 4) is 0 Å². The Morgan fingerprint density at radius 3 is 2.80 bits per heavy atom. The smallest absolute Gasteiger partial charge is 0.274 e. The largest absolute Gasteiger partial charge is 0.366 e. The molecule has 1 heterocycles. The van der Waals surface area contributed by atoms with E-state index in [4.69, 9.17) is 11.6 Å². The summed E-state index contributed by atoms with van der Waals surface area (Å²) in [7, 11) is 0. The van der Waals surface area contributed by atoms with E-state index in [1.165, 1.54) is 6.07 Å². The predicted molar refractivity (Wildman–Crippen MR) is 76.8 cm³/mol. The molecule has 0 saturated carbocycles. The Labute approximate surface area is 121 Å². The highest BCUT2D eigenvalue weighted by molar-refractivity contribution is 6.29. The van der Waals surface area contributed by atoms with Gasteiger partial charge in [0.15, 0.2) is 0 Å². The molecule has 0 aliphatic carbocycles. The topological polar surface area (TPSA) is 81.0 Å². The monoisotopic (exact) mass is 292 g/mol. The van der Waals surface area contributed by atoms with Gasteiger partial charge in [-0.3, -0.25) is 10.1 Å². The van der Waals surface area contributed by atoms with Gasteiger partial charge in [-0.2, -0.15) is 0 Å². The van der Waals surface area contributed by atoms with Gasteiger partial charge in [0.2, 0.25) is 0 Å². The van der Waals surface area contributed by atoms with Crippen LogP contribution in [-0.4, -0.2) is 14.9 Å². The lowest BCUT2D eigenvalue weighted by Gasteiger charge is -2.07. The average Bonchev–Trinajstić information content (AvgIpc) is 2.44. The first kappa shape index (κ1) is 14.2. The standard InChI is InChI=1S/C13H13ClN4O2/c1-2-12-16-11(14)7-13(17-12)15-8-9-5-3-4-6-10(9)18(19)20/h3-7H,2,8H2,1H3,(H,15,16,17). The van der Waals surface area contributed by atoms with Crippen molar-refractivity contribution >= 4 is 23.1 Å². The molecule has 6 nitrogen and oxygen atoms in total. The number of hydrogen-bond donors (Lipinski definition) is 1. The van der Waals surface area contributed by atoms with Gasteiger partial charge in [0.25, 0.3) is 5.69 Å². The maximum atomic E-state index is 10.9. The summed E-state index contributed by atoms with van der Waals surface area (Å²) in [6.07, 6.45) is 0.667. The van der Waals surface area contributed by atoms with E-state index in [-0.39, 0.29) is 5.69 Å². The Kier molecular flexibility index (Phi) is 4.47. The zero-order valence-electron chi connectivity index (χ0n) is 10.8. The van der Waals surface area contributed by atoms with Crippen molar-refractivity contribution in [1.29, 1.82) is 0 Å². The maximum Gasteiger partial charge on any atom is 0.274 e. The third-order valence-electron chi connectivity index (χ3n) is 2.71. The number of nitrogens with zero attached hydrogens (tertiary/aromatic N) is 3. The number of nitro groups is 1. The second kappa shape index (κ2) is 6.29. The predicted octanol–water partition coefficient (Wildman–Crippen LogP) is 3.21. The van der Waals surface area contributed by atoms with E-state index in [9.17, 15) is 10.1 Å². The summed E-state index contributed by atoms with van der Waals surface area (Å²) >= 11 is 5.89. The molecular formula is C13H13ClN4O2. The third-order valence-corrected chi connectivity index (χ3v) is 2.90. The summed E-state index contributed by atoms with van der Waals surface area (Å²) in [5.74, 6) is 1.18. The Morgan fingerprint density at radius 2 is 2.10 bits per heavy atom. The number of halogens is 1. The molecular weight excluding hydrogens is 280 g/mol. The van der Waals surface area contributed by atoms with Gasteiger partial charge < -0.3 is 5.32 Å². The van der Waals surface area contributed by atoms with Crippen LogP contribution >= 0.6 is 11.6 Å². The van der Waals surface area contributed by atoms with Crippen LogP contribution in [-0.2, 0) is 13.0 Å². The molecule has 0 bridgehead atoms. The summed E-state index contributed by atoms with van der Waals surface area (Å²) in [4.78, 5) is 18.8. The SMILES string of the molecule is CCc1nc(Cl)cc(NCc2ccccc2[N+](=O)[O-])n1. The van der Waals surface area contributed by atoms with Crippen LogP contribution in [0.2, 0.25) is 5.15 Å². The van der Waals surface area contributed by atoms with Crippen LogP contribution in [0.5, 0.6) is 0 Å². The molecule has 0 radical (unpaired) electrons. The molecule has 2 rings (SSSR count). The van der Waals surface area contributed by atoms with Crippen molar-refractivity contribution in [3.63, 3.8) is 0 Å². The molecule has 1 N–H and O–H groups in total.